The van der Waals surface area contributed by atoms with Crippen LogP contribution in [0.4, 0.5) is 0 Å². The molecule has 0 aliphatic carbocycles. The largest absolute Gasteiger partial charge is 0.282 e. The maximum Gasteiger partial charge on any atom is 0.282 e. The lowest BCUT2D eigenvalue weighted by Gasteiger charge is -2.42. The number of nitrogens with zero attached hydrogens (tertiary/aromatic N) is 1. The van der Waals surface area contributed by atoms with Crippen LogP contribution in [0, 0.1) is 0 Å². The van der Waals surface area contributed by atoms with Gasteiger partial charge in [-0.15, -0.1) is 0 Å². The molecular formula is C9H7NO2. The predicted molar refractivity (Wildman–Crippen MR) is 40.8 cm³/mol. The van der Waals surface area contributed by atoms with Gasteiger partial charge in [-0.25, -0.2) is 5.06 Å². The molecule has 1 aromatic carbocycles. The van der Waals surface area contributed by atoms with Crippen molar-refractivity contribution < 1.29 is 9.63 Å². The monoisotopic (exact) mass is 161 g/mol. The highest BCUT2D eigenvalue weighted by Gasteiger charge is 2.45. The summed E-state index contributed by atoms with van der Waals surface area (Å²) in [4.78, 5) is 16.4. The molecule has 0 N–H and O–H groups in total. The lowest BCUT2D eigenvalue weighted by molar-refractivity contribution is -0.281. The van der Waals surface area contributed by atoms with E-state index < -0.39 is 0 Å². The van der Waals surface area contributed by atoms with Crippen molar-refractivity contribution in [2.45, 2.75) is 12.6 Å². The van der Waals surface area contributed by atoms with Gasteiger partial charge in [-0.1, -0.05) is 24.3 Å². The van der Waals surface area contributed by atoms with E-state index in [4.69, 9.17) is 4.84 Å². The maximum atomic E-state index is 11.2. The van der Waals surface area contributed by atoms with E-state index in [1.807, 2.05) is 24.3 Å². The molecule has 4 rings (SSSR count). The molecular weight excluding hydrogens is 154 g/mol. The summed E-state index contributed by atoms with van der Waals surface area (Å²) < 4.78 is 0. The quantitative estimate of drug-likeness (QED) is 0.568. The van der Waals surface area contributed by atoms with Gasteiger partial charge in [0.25, 0.3) is 5.91 Å². The Morgan fingerprint density at radius 3 is 3.08 bits per heavy atom. The third kappa shape index (κ3) is 0.576. The predicted octanol–water partition coefficient (Wildman–Crippen LogP) is 1.02. The van der Waals surface area contributed by atoms with Crippen molar-refractivity contribution >= 4 is 5.91 Å². The molecule has 0 saturated carbocycles. The number of hydroxylamine groups is 2. The first-order chi connectivity index (χ1) is 5.86. The molecule has 0 radical (unpaired) electrons. The first kappa shape index (κ1) is 6.20. The van der Waals surface area contributed by atoms with Crippen molar-refractivity contribution in [3.05, 3.63) is 35.4 Å². The minimum absolute atomic E-state index is 0.0914. The van der Waals surface area contributed by atoms with Crippen molar-refractivity contribution in [2.75, 3.05) is 0 Å². The molecule has 2 bridgehead atoms. The second-order valence-corrected chi connectivity index (χ2v) is 3.06. The standard InChI is InChI=1S/C9H7NO2/c11-9-8-7-4-2-1-3-6(7)5-10(9)12-8/h1-4,8H,5H2. The molecule has 1 amide bonds. The van der Waals surface area contributed by atoms with Crippen LogP contribution in [0.1, 0.15) is 17.2 Å². The van der Waals surface area contributed by atoms with Crippen LogP contribution in [-0.4, -0.2) is 11.0 Å². The lowest BCUT2D eigenvalue weighted by atomic mass is 9.96. The number of carbonyl (C=O) groups is 1. The average Bonchev–Trinajstić information content (AvgIpc) is 2.16. The first-order valence-electron chi connectivity index (χ1n) is 3.92. The molecule has 1 aromatic rings. The number of hydrogen-bond acceptors (Lipinski definition) is 2. The highest BCUT2D eigenvalue weighted by molar-refractivity contribution is 5.87. The smallest absolute Gasteiger partial charge is 0.269 e. The van der Waals surface area contributed by atoms with E-state index in [-0.39, 0.29) is 12.0 Å². The van der Waals surface area contributed by atoms with E-state index in [0.29, 0.717) is 6.54 Å². The fraction of sp³-hybridized carbons (Fsp3) is 0.222. The molecule has 0 aromatic heterocycles. The van der Waals surface area contributed by atoms with Gasteiger partial charge in [0.05, 0.1) is 6.54 Å². The molecule has 0 spiro atoms. The minimum atomic E-state index is -0.310. The van der Waals surface area contributed by atoms with Crippen molar-refractivity contribution in [3.63, 3.8) is 0 Å². The van der Waals surface area contributed by atoms with Crippen LogP contribution in [0.3, 0.4) is 0 Å². The zero-order valence-corrected chi connectivity index (χ0v) is 6.36. The van der Waals surface area contributed by atoms with Gasteiger partial charge in [0.2, 0.25) is 0 Å². The van der Waals surface area contributed by atoms with Crippen LogP contribution < -0.4 is 0 Å². The fourth-order valence-corrected chi connectivity index (χ4v) is 1.70. The Morgan fingerprint density at radius 1 is 1.42 bits per heavy atom. The topological polar surface area (TPSA) is 29.5 Å². The molecule has 3 nitrogen and oxygen atoms in total. The Bertz CT molecular complexity index is 361. The summed E-state index contributed by atoms with van der Waals surface area (Å²) in [6, 6.07) is 7.90. The van der Waals surface area contributed by atoms with E-state index in [9.17, 15) is 4.79 Å². The summed E-state index contributed by atoms with van der Waals surface area (Å²) in [5.41, 5.74) is 2.23. The van der Waals surface area contributed by atoms with Gasteiger partial charge in [0.15, 0.2) is 6.10 Å². The van der Waals surface area contributed by atoms with Gasteiger partial charge in [0, 0.05) is 0 Å². The summed E-state index contributed by atoms with van der Waals surface area (Å²) >= 11 is 0. The zero-order chi connectivity index (χ0) is 8.13. The Hall–Kier alpha value is -1.35. The normalized spacial score (nSPS) is 24.8. The van der Waals surface area contributed by atoms with E-state index in [1.54, 1.807) is 0 Å². The van der Waals surface area contributed by atoms with Gasteiger partial charge in [-0.2, -0.15) is 0 Å². The van der Waals surface area contributed by atoms with Crippen LogP contribution >= 0.6 is 0 Å². The van der Waals surface area contributed by atoms with Crippen LogP contribution in [0.2, 0.25) is 0 Å². The number of carbonyl (C=O) groups excluding carboxylic acids is 1. The number of benzene rings is 1. The summed E-state index contributed by atoms with van der Waals surface area (Å²) in [7, 11) is 0. The first-order valence-corrected chi connectivity index (χ1v) is 3.92. The van der Waals surface area contributed by atoms with E-state index in [2.05, 4.69) is 0 Å². The van der Waals surface area contributed by atoms with Crippen molar-refractivity contribution in [2.24, 2.45) is 0 Å². The fourth-order valence-electron chi connectivity index (χ4n) is 1.70. The van der Waals surface area contributed by atoms with Gasteiger partial charge in [0.1, 0.15) is 0 Å². The van der Waals surface area contributed by atoms with Gasteiger partial charge < -0.3 is 0 Å². The van der Waals surface area contributed by atoms with Crippen molar-refractivity contribution in [3.8, 4) is 0 Å². The molecule has 1 saturated heterocycles. The molecule has 3 heteroatoms. The zero-order valence-electron chi connectivity index (χ0n) is 6.36. The number of rotatable bonds is 0. The average molecular weight is 161 g/mol. The van der Waals surface area contributed by atoms with E-state index in [1.165, 1.54) is 10.6 Å². The molecule has 1 fully saturated rings. The molecule has 3 heterocycles. The Kier molecular flexibility index (Phi) is 0.966. The molecule has 12 heavy (non-hydrogen) atoms. The third-order valence-corrected chi connectivity index (χ3v) is 2.35. The molecule has 3 aliphatic heterocycles. The van der Waals surface area contributed by atoms with Gasteiger partial charge in [-0.05, 0) is 11.1 Å². The van der Waals surface area contributed by atoms with Crippen molar-refractivity contribution in [1.82, 2.24) is 5.06 Å². The summed E-state index contributed by atoms with van der Waals surface area (Å²) in [6.45, 7) is 0.603. The molecule has 1 unspecified atom stereocenters. The Balaban J connectivity index is 2.18. The highest BCUT2D eigenvalue weighted by atomic mass is 16.7. The summed E-state index contributed by atoms with van der Waals surface area (Å²) in [6.07, 6.45) is -0.310. The summed E-state index contributed by atoms with van der Waals surface area (Å²) in [5.74, 6) is 0.0914. The van der Waals surface area contributed by atoms with E-state index >= 15 is 0 Å². The second-order valence-electron chi connectivity index (χ2n) is 3.06. The number of amides is 1. The van der Waals surface area contributed by atoms with Crippen LogP contribution in [-0.2, 0) is 16.2 Å². The number of hydrogen-bond donors (Lipinski definition) is 0. The van der Waals surface area contributed by atoms with Crippen LogP contribution in [0.25, 0.3) is 0 Å². The summed E-state index contributed by atoms with van der Waals surface area (Å²) in [5, 5.41) is 1.41. The Labute approximate surface area is 69.5 Å². The van der Waals surface area contributed by atoms with Gasteiger partial charge in [-0.3, -0.25) is 9.63 Å². The van der Waals surface area contributed by atoms with Crippen molar-refractivity contribution in [1.29, 1.82) is 0 Å². The van der Waals surface area contributed by atoms with Crippen LogP contribution in [0.15, 0.2) is 24.3 Å². The lowest BCUT2D eigenvalue weighted by Crippen LogP contribution is -2.51. The van der Waals surface area contributed by atoms with Gasteiger partial charge >= 0.3 is 0 Å². The Morgan fingerprint density at radius 2 is 2.25 bits per heavy atom. The molecule has 3 aliphatic rings. The minimum Gasteiger partial charge on any atom is -0.269 e. The highest BCUT2D eigenvalue weighted by Crippen LogP contribution is 2.39. The van der Waals surface area contributed by atoms with E-state index in [0.717, 1.165) is 5.56 Å². The van der Waals surface area contributed by atoms with Crippen LogP contribution in [0.5, 0.6) is 0 Å². The molecule has 1 atom stereocenters. The third-order valence-electron chi connectivity index (χ3n) is 2.35. The second kappa shape index (κ2) is 1.87. The maximum absolute atomic E-state index is 11.2. The SMILES string of the molecule is O=C1C2ON1Cc1ccccc12. The molecule has 60 valence electrons.